The number of carbonyl (C=O) groups is 3. The number of aromatic carboxylic acids is 1. The van der Waals surface area contributed by atoms with Crippen molar-refractivity contribution in [2.75, 3.05) is 13.1 Å². The van der Waals surface area contributed by atoms with Crippen molar-refractivity contribution in [3.63, 3.8) is 0 Å². The molecule has 4 N–H and O–H groups in total. The summed E-state index contributed by atoms with van der Waals surface area (Å²) in [7, 11) is 0. The first-order valence-corrected chi connectivity index (χ1v) is 10.7. The van der Waals surface area contributed by atoms with E-state index in [0.29, 0.717) is 37.9 Å². The van der Waals surface area contributed by atoms with Gasteiger partial charge < -0.3 is 20.8 Å². The summed E-state index contributed by atoms with van der Waals surface area (Å²) in [5, 5.41) is 31.4. The van der Waals surface area contributed by atoms with E-state index in [9.17, 15) is 32.7 Å². The molecule has 0 atom stereocenters. The number of aromatic hydroxyl groups is 1. The third-order valence-corrected chi connectivity index (χ3v) is 4.79. The molecule has 9 nitrogen and oxygen atoms in total. The van der Waals surface area contributed by atoms with Gasteiger partial charge in [-0.05, 0) is 61.2 Å². The lowest BCUT2D eigenvalue weighted by Gasteiger charge is -2.08. The number of carboxylic acids is 1. The number of phenolic OH excluding ortho intramolecular Hbond substituents is 1. The molecule has 2 amide bonds. The molecular formula is C23H25F3N4O5. The van der Waals surface area contributed by atoms with Crippen LogP contribution in [0.4, 0.5) is 24.5 Å². The zero-order chi connectivity index (χ0) is 25.8. The summed E-state index contributed by atoms with van der Waals surface area (Å²) in [6.07, 6.45) is -2.91. The number of azo groups is 1. The van der Waals surface area contributed by atoms with E-state index in [0.717, 1.165) is 5.56 Å². The molecule has 0 heterocycles. The van der Waals surface area contributed by atoms with Gasteiger partial charge in [0, 0.05) is 19.5 Å². The number of hydrogen-bond acceptors (Lipinski definition) is 6. The molecule has 2 aromatic carbocycles. The Morgan fingerprint density at radius 2 is 1.60 bits per heavy atom. The summed E-state index contributed by atoms with van der Waals surface area (Å²) in [6, 6.07) is 10.5. The van der Waals surface area contributed by atoms with Crippen LogP contribution < -0.4 is 10.6 Å². The molecule has 12 heteroatoms. The number of unbranched alkanes of at least 4 members (excludes halogenated alkanes) is 2. The highest BCUT2D eigenvalue weighted by molar-refractivity contribution is 5.87. The summed E-state index contributed by atoms with van der Waals surface area (Å²) in [5.41, 5.74) is 1.53. The predicted octanol–water partition coefficient (Wildman–Crippen LogP) is 4.40. The first kappa shape index (κ1) is 27.3. The Labute approximate surface area is 199 Å². The smallest absolute Gasteiger partial charge is 0.471 e. The summed E-state index contributed by atoms with van der Waals surface area (Å²) < 4.78 is 36.2. The van der Waals surface area contributed by atoms with Crippen LogP contribution in [-0.2, 0) is 16.0 Å². The second kappa shape index (κ2) is 13.1. The van der Waals surface area contributed by atoms with Gasteiger partial charge in [-0.3, -0.25) is 9.59 Å². The molecule has 2 rings (SSSR count). The Morgan fingerprint density at radius 3 is 2.26 bits per heavy atom. The van der Waals surface area contributed by atoms with Crippen LogP contribution in [0.3, 0.4) is 0 Å². The van der Waals surface area contributed by atoms with Crippen LogP contribution in [0.1, 0.15) is 41.6 Å². The molecule has 0 aliphatic heterocycles. The summed E-state index contributed by atoms with van der Waals surface area (Å²) in [6.45, 7) is 0.229. The van der Waals surface area contributed by atoms with E-state index in [1.54, 1.807) is 17.4 Å². The van der Waals surface area contributed by atoms with E-state index in [2.05, 4.69) is 15.5 Å². The molecule has 188 valence electrons. The van der Waals surface area contributed by atoms with Gasteiger partial charge in [0.25, 0.3) is 0 Å². The SMILES string of the molecule is O=C(CCCCCNC(=O)C(F)(F)F)NCCc1ccc(O)c(/N=N/c2ccc(C(=O)O)cc2)c1. The molecule has 2 aromatic rings. The minimum absolute atomic E-state index is 0.0879. The van der Waals surface area contributed by atoms with Crippen molar-refractivity contribution in [3.05, 3.63) is 53.6 Å². The van der Waals surface area contributed by atoms with Crippen LogP contribution in [-0.4, -0.2) is 47.3 Å². The number of benzene rings is 2. The third kappa shape index (κ3) is 9.82. The van der Waals surface area contributed by atoms with E-state index in [1.807, 2.05) is 0 Å². The number of amides is 2. The molecule has 0 aromatic heterocycles. The lowest BCUT2D eigenvalue weighted by Crippen LogP contribution is -2.37. The van der Waals surface area contributed by atoms with Crippen molar-refractivity contribution in [3.8, 4) is 5.75 Å². The van der Waals surface area contributed by atoms with Gasteiger partial charge in [-0.15, -0.1) is 5.11 Å². The Hall–Kier alpha value is -3.96. The second-order valence-corrected chi connectivity index (χ2v) is 7.54. The molecular weight excluding hydrogens is 469 g/mol. The quantitative estimate of drug-likeness (QED) is 0.256. The van der Waals surface area contributed by atoms with Gasteiger partial charge in [-0.2, -0.15) is 18.3 Å². The molecule has 0 unspecified atom stereocenters. The second-order valence-electron chi connectivity index (χ2n) is 7.54. The lowest BCUT2D eigenvalue weighted by molar-refractivity contribution is -0.173. The number of alkyl halides is 3. The van der Waals surface area contributed by atoms with Gasteiger partial charge in [0.1, 0.15) is 11.4 Å². The molecule has 0 aliphatic carbocycles. The average molecular weight is 494 g/mol. The fraction of sp³-hybridized carbons (Fsp3) is 0.348. The van der Waals surface area contributed by atoms with E-state index in [-0.39, 0.29) is 35.9 Å². The molecule has 35 heavy (non-hydrogen) atoms. The Bertz CT molecular complexity index is 1060. The largest absolute Gasteiger partial charge is 0.506 e. The van der Waals surface area contributed by atoms with Crippen molar-refractivity contribution in [2.24, 2.45) is 10.2 Å². The van der Waals surface area contributed by atoms with Crippen molar-refractivity contribution < 1.29 is 37.8 Å². The Morgan fingerprint density at radius 1 is 0.886 bits per heavy atom. The number of hydrogen-bond donors (Lipinski definition) is 4. The van der Waals surface area contributed by atoms with Crippen LogP contribution in [0.25, 0.3) is 0 Å². The highest BCUT2D eigenvalue weighted by Gasteiger charge is 2.38. The topological polar surface area (TPSA) is 140 Å². The molecule has 0 fully saturated rings. The van der Waals surface area contributed by atoms with Gasteiger partial charge in [0.15, 0.2) is 0 Å². The van der Waals surface area contributed by atoms with Gasteiger partial charge >= 0.3 is 18.1 Å². The van der Waals surface area contributed by atoms with Crippen LogP contribution >= 0.6 is 0 Å². The number of carboxylic acid groups (broad SMARTS) is 1. The molecule has 0 bridgehead atoms. The number of rotatable bonds is 12. The minimum Gasteiger partial charge on any atom is -0.506 e. The number of nitrogens with zero attached hydrogens (tertiary/aromatic N) is 2. The summed E-state index contributed by atoms with van der Waals surface area (Å²) >= 11 is 0. The molecule has 0 spiro atoms. The van der Waals surface area contributed by atoms with E-state index in [4.69, 9.17) is 5.11 Å². The van der Waals surface area contributed by atoms with Crippen molar-refractivity contribution in [1.82, 2.24) is 10.6 Å². The first-order valence-electron chi connectivity index (χ1n) is 10.7. The first-order chi connectivity index (χ1) is 16.6. The van der Waals surface area contributed by atoms with Crippen molar-refractivity contribution in [2.45, 2.75) is 38.3 Å². The normalized spacial score (nSPS) is 11.4. The highest BCUT2D eigenvalue weighted by atomic mass is 19.4. The Kier molecular flexibility index (Phi) is 10.2. The van der Waals surface area contributed by atoms with Gasteiger partial charge in [0.05, 0.1) is 11.3 Å². The van der Waals surface area contributed by atoms with Crippen LogP contribution in [0, 0.1) is 0 Å². The molecule has 0 radical (unpaired) electrons. The van der Waals surface area contributed by atoms with Gasteiger partial charge in [-0.1, -0.05) is 12.5 Å². The standard InChI is InChI=1S/C23H25F3N4O5/c24-23(25,26)22(35)28-12-3-1-2-4-20(32)27-13-11-15-5-10-19(31)18(14-15)30-29-17-8-6-16(7-9-17)21(33)34/h5-10,14,31H,1-4,11-13H2,(H,27,32)(H,28,35)(H,33,34)/b30-29+. The highest BCUT2D eigenvalue weighted by Crippen LogP contribution is 2.29. The van der Waals surface area contributed by atoms with E-state index >= 15 is 0 Å². The summed E-state index contributed by atoms with van der Waals surface area (Å²) in [5.74, 6) is -3.31. The van der Waals surface area contributed by atoms with Crippen molar-refractivity contribution >= 4 is 29.2 Å². The van der Waals surface area contributed by atoms with Crippen molar-refractivity contribution in [1.29, 1.82) is 0 Å². The van der Waals surface area contributed by atoms with Crippen LogP contribution in [0.5, 0.6) is 5.75 Å². The number of halogens is 3. The monoisotopic (exact) mass is 494 g/mol. The fourth-order valence-corrected chi connectivity index (χ4v) is 2.91. The van der Waals surface area contributed by atoms with E-state index < -0.39 is 18.1 Å². The molecule has 0 saturated heterocycles. The summed E-state index contributed by atoms with van der Waals surface area (Å²) in [4.78, 5) is 33.5. The Balaban J connectivity index is 1.72. The predicted molar refractivity (Wildman–Crippen MR) is 120 cm³/mol. The number of nitrogens with one attached hydrogen (secondary N) is 2. The average Bonchev–Trinajstić information content (AvgIpc) is 2.81. The lowest BCUT2D eigenvalue weighted by atomic mass is 10.1. The fourth-order valence-electron chi connectivity index (χ4n) is 2.91. The van der Waals surface area contributed by atoms with E-state index in [1.165, 1.54) is 30.3 Å². The third-order valence-electron chi connectivity index (χ3n) is 4.79. The van der Waals surface area contributed by atoms with Gasteiger partial charge in [-0.25, -0.2) is 4.79 Å². The van der Waals surface area contributed by atoms with Crippen LogP contribution in [0.15, 0.2) is 52.7 Å². The number of phenols is 1. The maximum atomic E-state index is 12.1. The maximum Gasteiger partial charge on any atom is 0.471 e. The minimum atomic E-state index is -4.89. The molecule has 0 saturated carbocycles. The van der Waals surface area contributed by atoms with Gasteiger partial charge in [0.2, 0.25) is 5.91 Å². The number of carbonyl (C=O) groups excluding carboxylic acids is 2. The van der Waals surface area contributed by atoms with Crippen LogP contribution in [0.2, 0.25) is 0 Å². The maximum absolute atomic E-state index is 12.1. The zero-order valence-corrected chi connectivity index (χ0v) is 18.6. The zero-order valence-electron chi connectivity index (χ0n) is 18.6. The molecule has 0 aliphatic rings.